The van der Waals surface area contributed by atoms with E-state index in [-0.39, 0.29) is 0 Å². The number of nitrogens with zero attached hydrogens (tertiary/aromatic N) is 2. The Balaban J connectivity index is 2.23. The first-order chi connectivity index (χ1) is 9.20. The zero-order valence-corrected chi connectivity index (χ0v) is 11.0. The Morgan fingerprint density at radius 1 is 1.21 bits per heavy atom. The lowest BCUT2D eigenvalue weighted by molar-refractivity contribution is 0.100. The number of benzene rings is 1. The molecule has 98 valence electrons. The van der Waals surface area contributed by atoms with Gasteiger partial charge < -0.3 is 5.73 Å². The smallest absolute Gasteiger partial charge is 0.248 e. The molecule has 0 saturated carbocycles. The monoisotopic (exact) mass is 255 g/mol. The SMILES string of the molecule is CCCCc1ccnc(-c2ccc(C(N)=O)cc2)n1. The Bertz CT molecular complexity index is 564. The van der Waals surface area contributed by atoms with E-state index in [1.807, 2.05) is 18.2 Å². The van der Waals surface area contributed by atoms with Crippen molar-refractivity contribution in [2.45, 2.75) is 26.2 Å². The molecule has 4 nitrogen and oxygen atoms in total. The summed E-state index contributed by atoms with van der Waals surface area (Å²) in [4.78, 5) is 19.8. The van der Waals surface area contributed by atoms with Crippen molar-refractivity contribution in [2.24, 2.45) is 5.73 Å². The summed E-state index contributed by atoms with van der Waals surface area (Å²) in [5, 5.41) is 0. The normalized spacial score (nSPS) is 10.4. The molecule has 2 N–H and O–H groups in total. The first-order valence-corrected chi connectivity index (χ1v) is 6.43. The van der Waals surface area contributed by atoms with Gasteiger partial charge in [-0.1, -0.05) is 25.5 Å². The minimum atomic E-state index is -0.427. The third-order valence-electron chi connectivity index (χ3n) is 2.93. The Morgan fingerprint density at radius 2 is 1.95 bits per heavy atom. The number of amides is 1. The predicted octanol–water partition coefficient (Wildman–Crippen LogP) is 2.59. The third kappa shape index (κ3) is 3.37. The van der Waals surface area contributed by atoms with E-state index < -0.39 is 5.91 Å². The minimum absolute atomic E-state index is 0.427. The summed E-state index contributed by atoms with van der Waals surface area (Å²) in [6.07, 6.45) is 5.00. The molecule has 2 aromatic rings. The highest BCUT2D eigenvalue weighted by atomic mass is 16.1. The summed E-state index contributed by atoms with van der Waals surface area (Å²) in [7, 11) is 0. The second kappa shape index (κ2) is 6.09. The number of unbranched alkanes of at least 4 members (excludes halogenated alkanes) is 1. The Kier molecular flexibility index (Phi) is 4.23. The van der Waals surface area contributed by atoms with Crippen molar-refractivity contribution in [1.29, 1.82) is 0 Å². The minimum Gasteiger partial charge on any atom is -0.366 e. The van der Waals surface area contributed by atoms with Crippen LogP contribution in [-0.4, -0.2) is 15.9 Å². The molecular formula is C15H17N3O. The number of carbonyl (C=O) groups is 1. The molecule has 0 unspecified atom stereocenters. The van der Waals surface area contributed by atoms with Crippen molar-refractivity contribution in [1.82, 2.24) is 9.97 Å². The second-order valence-electron chi connectivity index (χ2n) is 4.42. The molecule has 0 bridgehead atoms. The zero-order chi connectivity index (χ0) is 13.7. The highest BCUT2D eigenvalue weighted by Gasteiger charge is 2.04. The summed E-state index contributed by atoms with van der Waals surface area (Å²) >= 11 is 0. The van der Waals surface area contributed by atoms with Crippen LogP contribution in [0.4, 0.5) is 0 Å². The molecule has 0 spiro atoms. The number of aromatic nitrogens is 2. The van der Waals surface area contributed by atoms with E-state index >= 15 is 0 Å². The standard InChI is InChI=1S/C15H17N3O/c1-2-3-4-13-9-10-17-15(18-13)12-7-5-11(6-8-12)14(16)19/h5-10H,2-4H2,1H3,(H2,16,19). The molecule has 0 fully saturated rings. The summed E-state index contributed by atoms with van der Waals surface area (Å²) in [6, 6.07) is 8.97. The number of hydrogen-bond acceptors (Lipinski definition) is 3. The molecule has 0 aliphatic carbocycles. The number of hydrogen-bond donors (Lipinski definition) is 1. The molecule has 0 aliphatic rings. The van der Waals surface area contributed by atoms with Crippen molar-refractivity contribution in [3.8, 4) is 11.4 Å². The Morgan fingerprint density at radius 3 is 2.58 bits per heavy atom. The maximum Gasteiger partial charge on any atom is 0.248 e. The third-order valence-corrected chi connectivity index (χ3v) is 2.93. The Labute approximate surface area is 112 Å². The average molecular weight is 255 g/mol. The molecule has 1 amide bonds. The van der Waals surface area contributed by atoms with Crippen LogP contribution in [0.2, 0.25) is 0 Å². The summed E-state index contributed by atoms with van der Waals surface area (Å²) < 4.78 is 0. The molecule has 0 aliphatic heterocycles. The van der Waals surface area contributed by atoms with Crippen LogP contribution in [0, 0.1) is 0 Å². The largest absolute Gasteiger partial charge is 0.366 e. The van der Waals surface area contributed by atoms with E-state index in [2.05, 4.69) is 16.9 Å². The number of aryl methyl sites for hydroxylation is 1. The summed E-state index contributed by atoms with van der Waals surface area (Å²) in [6.45, 7) is 2.16. The van der Waals surface area contributed by atoms with Crippen LogP contribution in [0.5, 0.6) is 0 Å². The van der Waals surface area contributed by atoms with E-state index in [0.717, 1.165) is 30.5 Å². The van der Waals surface area contributed by atoms with Crippen LogP contribution in [0.15, 0.2) is 36.5 Å². The van der Waals surface area contributed by atoms with Gasteiger partial charge in [-0.25, -0.2) is 9.97 Å². The average Bonchev–Trinajstić information content (AvgIpc) is 2.45. The number of carbonyl (C=O) groups excluding carboxylic acids is 1. The quantitative estimate of drug-likeness (QED) is 0.892. The van der Waals surface area contributed by atoms with Crippen molar-refractivity contribution in [2.75, 3.05) is 0 Å². The van der Waals surface area contributed by atoms with E-state index in [1.165, 1.54) is 0 Å². The number of nitrogens with two attached hydrogens (primary N) is 1. The number of rotatable bonds is 5. The van der Waals surface area contributed by atoms with Gasteiger partial charge in [0.25, 0.3) is 0 Å². The van der Waals surface area contributed by atoms with Gasteiger partial charge in [-0.15, -0.1) is 0 Å². The second-order valence-corrected chi connectivity index (χ2v) is 4.42. The first-order valence-electron chi connectivity index (χ1n) is 6.43. The molecule has 0 radical (unpaired) electrons. The van der Waals surface area contributed by atoms with Gasteiger partial charge in [0, 0.05) is 23.0 Å². The van der Waals surface area contributed by atoms with Gasteiger partial charge in [0.05, 0.1) is 0 Å². The topological polar surface area (TPSA) is 68.9 Å². The van der Waals surface area contributed by atoms with Crippen molar-refractivity contribution in [3.05, 3.63) is 47.8 Å². The lowest BCUT2D eigenvalue weighted by Crippen LogP contribution is -2.10. The molecule has 1 heterocycles. The van der Waals surface area contributed by atoms with Crippen molar-refractivity contribution in [3.63, 3.8) is 0 Å². The lowest BCUT2D eigenvalue weighted by atomic mass is 10.1. The number of primary amides is 1. The highest BCUT2D eigenvalue weighted by Crippen LogP contribution is 2.16. The Hall–Kier alpha value is -2.23. The fourth-order valence-corrected chi connectivity index (χ4v) is 1.82. The van der Waals surface area contributed by atoms with Gasteiger partial charge in [0.1, 0.15) is 0 Å². The molecule has 2 rings (SSSR count). The summed E-state index contributed by atoms with van der Waals surface area (Å²) in [5.41, 5.74) is 7.64. The maximum atomic E-state index is 11.0. The fourth-order valence-electron chi connectivity index (χ4n) is 1.82. The van der Waals surface area contributed by atoms with Crippen LogP contribution >= 0.6 is 0 Å². The van der Waals surface area contributed by atoms with Crippen LogP contribution < -0.4 is 5.73 Å². The van der Waals surface area contributed by atoms with Gasteiger partial charge in [-0.3, -0.25) is 4.79 Å². The summed E-state index contributed by atoms with van der Waals surface area (Å²) in [5.74, 6) is 0.258. The van der Waals surface area contributed by atoms with Gasteiger partial charge in [0.15, 0.2) is 5.82 Å². The van der Waals surface area contributed by atoms with Gasteiger partial charge >= 0.3 is 0 Å². The van der Waals surface area contributed by atoms with Gasteiger partial charge in [-0.2, -0.15) is 0 Å². The highest BCUT2D eigenvalue weighted by molar-refractivity contribution is 5.93. The van der Waals surface area contributed by atoms with Crippen LogP contribution in [-0.2, 0) is 6.42 Å². The van der Waals surface area contributed by atoms with E-state index in [1.54, 1.807) is 18.3 Å². The van der Waals surface area contributed by atoms with E-state index in [9.17, 15) is 4.79 Å². The van der Waals surface area contributed by atoms with Gasteiger partial charge in [0.2, 0.25) is 5.91 Å². The molecule has 0 atom stereocenters. The van der Waals surface area contributed by atoms with E-state index in [0.29, 0.717) is 11.4 Å². The molecule has 19 heavy (non-hydrogen) atoms. The van der Waals surface area contributed by atoms with Gasteiger partial charge in [-0.05, 0) is 31.0 Å². The van der Waals surface area contributed by atoms with Crippen LogP contribution in [0.3, 0.4) is 0 Å². The molecule has 1 aromatic carbocycles. The lowest BCUT2D eigenvalue weighted by Gasteiger charge is -2.04. The predicted molar refractivity (Wildman–Crippen MR) is 74.6 cm³/mol. The van der Waals surface area contributed by atoms with Crippen molar-refractivity contribution >= 4 is 5.91 Å². The zero-order valence-electron chi connectivity index (χ0n) is 11.0. The fraction of sp³-hybridized carbons (Fsp3) is 0.267. The maximum absolute atomic E-state index is 11.0. The molecule has 0 saturated heterocycles. The molecular weight excluding hydrogens is 238 g/mol. The van der Waals surface area contributed by atoms with Crippen molar-refractivity contribution < 1.29 is 4.79 Å². The first kappa shape index (κ1) is 13.2. The van der Waals surface area contributed by atoms with Crippen LogP contribution in [0.1, 0.15) is 35.8 Å². The van der Waals surface area contributed by atoms with E-state index in [4.69, 9.17) is 5.73 Å². The molecule has 1 aromatic heterocycles. The molecule has 4 heteroatoms. The van der Waals surface area contributed by atoms with Crippen LogP contribution in [0.25, 0.3) is 11.4 Å².